The Balaban J connectivity index is 2.65. The molecule has 0 aliphatic rings. The van der Waals surface area contributed by atoms with Crippen molar-refractivity contribution >= 4 is 0 Å². The average Bonchev–Trinajstić information content (AvgIpc) is 2.56. The SMILES string of the molecule is CCOCCOc1ccc(CNCC(C)(C)C)c(OCCOCC)c1. The van der Waals surface area contributed by atoms with Gasteiger partial charge in [-0.3, -0.25) is 0 Å². The molecule has 0 atom stereocenters. The second-order valence-electron chi connectivity index (χ2n) is 7.02. The molecular weight excluding hydrogens is 318 g/mol. The maximum Gasteiger partial charge on any atom is 0.127 e. The molecule has 0 unspecified atom stereocenters. The molecule has 0 aliphatic carbocycles. The van der Waals surface area contributed by atoms with E-state index in [0.29, 0.717) is 39.6 Å². The van der Waals surface area contributed by atoms with Crippen LogP contribution >= 0.6 is 0 Å². The van der Waals surface area contributed by atoms with Crippen molar-refractivity contribution in [2.24, 2.45) is 5.41 Å². The molecule has 0 bridgehead atoms. The summed E-state index contributed by atoms with van der Waals surface area (Å²) in [6, 6.07) is 5.99. The molecule has 0 aromatic heterocycles. The molecule has 0 amide bonds. The lowest BCUT2D eigenvalue weighted by Gasteiger charge is -2.20. The summed E-state index contributed by atoms with van der Waals surface area (Å²) >= 11 is 0. The molecule has 0 spiro atoms. The fraction of sp³-hybridized carbons (Fsp3) is 0.700. The first-order valence-electron chi connectivity index (χ1n) is 9.21. The highest BCUT2D eigenvalue weighted by Crippen LogP contribution is 2.25. The van der Waals surface area contributed by atoms with Gasteiger partial charge in [-0.1, -0.05) is 26.8 Å². The Labute approximate surface area is 153 Å². The minimum Gasteiger partial charge on any atom is -0.491 e. The zero-order valence-electron chi connectivity index (χ0n) is 16.5. The summed E-state index contributed by atoms with van der Waals surface area (Å²) in [5.74, 6) is 1.64. The minimum atomic E-state index is 0.248. The molecule has 5 nitrogen and oxygen atoms in total. The number of nitrogens with one attached hydrogen (secondary N) is 1. The molecule has 0 saturated carbocycles. The van der Waals surface area contributed by atoms with E-state index in [0.717, 1.165) is 30.2 Å². The molecule has 0 radical (unpaired) electrons. The maximum atomic E-state index is 5.91. The van der Waals surface area contributed by atoms with Crippen molar-refractivity contribution in [3.63, 3.8) is 0 Å². The standard InChI is InChI=1S/C20H35NO4/c1-6-22-10-12-24-18-9-8-17(15-21-16-20(3,4)5)19(14-18)25-13-11-23-7-2/h8-9,14,21H,6-7,10-13,15-16H2,1-5H3. The van der Waals surface area contributed by atoms with Gasteiger partial charge in [-0.15, -0.1) is 0 Å². The summed E-state index contributed by atoms with van der Waals surface area (Å²) in [7, 11) is 0. The normalized spacial score (nSPS) is 11.6. The van der Waals surface area contributed by atoms with E-state index in [1.807, 2.05) is 26.0 Å². The fourth-order valence-electron chi connectivity index (χ4n) is 2.19. The third kappa shape index (κ3) is 10.3. The number of hydrogen-bond donors (Lipinski definition) is 1. The summed E-state index contributed by atoms with van der Waals surface area (Å²) in [5.41, 5.74) is 1.37. The van der Waals surface area contributed by atoms with Crippen LogP contribution in [0.3, 0.4) is 0 Å². The molecule has 5 heteroatoms. The van der Waals surface area contributed by atoms with E-state index in [4.69, 9.17) is 18.9 Å². The predicted octanol–water partition coefficient (Wildman–Crippen LogP) is 3.65. The number of rotatable bonds is 13. The topological polar surface area (TPSA) is 49.0 Å². The summed E-state index contributed by atoms with van der Waals surface area (Å²) in [4.78, 5) is 0. The van der Waals surface area contributed by atoms with E-state index >= 15 is 0 Å². The van der Waals surface area contributed by atoms with Crippen LogP contribution in [0.5, 0.6) is 11.5 Å². The molecule has 144 valence electrons. The van der Waals surface area contributed by atoms with Crippen LogP contribution < -0.4 is 14.8 Å². The van der Waals surface area contributed by atoms with Crippen molar-refractivity contribution in [1.82, 2.24) is 5.32 Å². The fourth-order valence-corrected chi connectivity index (χ4v) is 2.19. The van der Waals surface area contributed by atoms with E-state index < -0.39 is 0 Å². The zero-order chi connectivity index (χ0) is 18.5. The van der Waals surface area contributed by atoms with Crippen molar-refractivity contribution in [3.05, 3.63) is 23.8 Å². The monoisotopic (exact) mass is 353 g/mol. The van der Waals surface area contributed by atoms with E-state index in [1.54, 1.807) is 0 Å². The lowest BCUT2D eigenvalue weighted by Crippen LogP contribution is -2.26. The third-order valence-electron chi connectivity index (χ3n) is 3.40. The van der Waals surface area contributed by atoms with Crippen molar-refractivity contribution in [3.8, 4) is 11.5 Å². The molecule has 0 fully saturated rings. The van der Waals surface area contributed by atoms with E-state index in [9.17, 15) is 0 Å². The average molecular weight is 354 g/mol. The van der Waals surface area contributed by atoms with Crippen LogP contribution in [0.2, 0.25) is 0 Å². The van der Waals surface area contributed by atoms with Gasteiger partial charge in [0, 0.05) is 37.9 Å². The Morgan fingerprint density at radius 1 is 0.880 bits per heavy atom. The van der Waals surface area contributed by atoms with Gasteiger partial charge in [0.1, 0.15) is 24.7 Å². The lowest BCUT2D eigenvalue weighted by atomic mass is 9.97. The van der Waals surface area contributed by atoms with Gasteiger partial charge in [0.05, 0.1) is 13.2 Å². The Hall–Kier alpha value is -1.30. The van der Waals surface area contributed by atoms with Gasteiger partial charge in [0.2, 0.25) is 0 Å². The van der Waals surface area contributed by atoms with Crippen molar-refractivity contribution in [2.45, 2.75) is 41.2 Å². The van der Waals surface area contributed by atoms with E-state index in [2.05, 4.69) is 32.2 Å². The van der Waals surface area contributed by atoms with Gasteiger partial charge in [-0.25, -0.2) is 0 Å². The van der Waals surface area contributed by atoms with Crippen LogP contribution in [0.4, 0.5) is 0 Å². The molecular formula is C20H35NO4. The first kappa shape index (κ1) is 21.7. The van der Waals surface area contributed by atoms with Gasteiger partial charge in [0.15, 0.2) is 0 Å². The van der Waals surface area contributed by atoms with E-state index in [1.165, 1.54) is 0 Å². The van der Waals surface area contributed by atoms with Gasteiger partial charge >= 0.3 is 0 Å². The number of benzene rings is 1. The second kappa shape index (κ2) is 12.1. The highest BCUT2D eigenvalue weighted by atomic mass is 16.5. The predicted molar refractivity (Wildman–Crippen MR) is 102 cm³/mol. The Kier molecular flexibility index (Phi) is 10.5. The first-order chi connectivity index (χ1) is 12.0. The Bertz CT molecular complexity index is 471. The van der Waals surface area contributed by atoms with Gasteiger partial charge < -0.3 is 24.3 Å². The largest absolute Gasteiger partial charge is 0.491 e. The van der Waals surface area contributed by atoms with Crippen LogP contribution in [-0.4, -0.2) is 46.2 Å². The third-order valence-corrected chi connectivity index (χ3v) is 3.40. The van der Waals surface area contributed by atoms with Gasteiger partial charge in [-0.2, -0.15) is 0 Å². The van der Waals surface area contributed by atoms with Crippen molar-refractivity contribution in [1.29, 1.82) is 0 Å². The second-order valence-corrected chi connectivity index (χ2v) is 7.02. The number of hydrogen-bond acceptors (Lipinski definition) is 5. The molecule has 1 aromatic rings. The highest BCUT2D eigenvalue weighted by Gasteiger charge is 2.11. The Morgan fingerprint density at radius 3 is 2.12 bits per heavy atom. The maximum absolute atomic E-state index is 5.91. The highest BCUT2D eigenvalue weighted by molar-refractivity contribution is 5.40. The molecule has 25 heavy (non-hydrogen) atoms. The number of ether oxygens (including phenoxy) is 4. The summed E-state index contributed by atoms with van der Waals surface area (Å²) < 4.78 is 22.3. The summed E-state index contributed by atoms with van der Waals surface area (Å²) in [5, 5.41) is 3.49. The van der Waals surface area contributed by atoms with Crippen molar-refractivity contribution in [2.75, 3.05) is 46.2 Å². The lowest BCUT2D eigenvalue weighted by molar-refractivity contribution is 0.107. The van der Waals surface area contributed by atoms with Crippen molar-refractivity contribution < 1.29 is 18.9 Å². The summed E-state index contributed by atoms with van der Waals surface area (Å²) in [6.45, 7) is 16.0. The first-order valence-corrected chi connectivity index (χ1v) is 9.21. The minimum absolute atomic E-state index is 0.248. The quantitative estimate of drug-likeness (QED) is 0.549. The van der Waals surface area contributed by atoms with Crippen LogP contribution in [0.1, 0.15) is 40.2 Å². The van der Waals surface area contributed by atoms with Crippen LogP contribution in [0.25, 0.3) is 0 Å². The molecule has 0 aliphatic heterocycles. The molecule has 1 N–H and O–H groups in total. The van der Waals surface area contributed by atoms with Crippen LogP contribution in [0, 0.1) is 5.41 Å². The molecule has 0 heterocycles. The smallest absolute Gasteiger partial charge is 0.127 e. The molecule has 1 rings (SSSR count). The molecule has 1 aromatic carbocycles. The van der Waals surface area contributed by atoms with E-state index in [-0.39, 0.29) is 5.41 Å². The van der Waals surface area contributed by atoms with Gasteiger partial charge in [0.25, 0.3) is 0 Å². The van der Waals surface area contributed by atoms with Crippen LogP contribution in [0.15, 0.2) is 18.2 Å². The summed E-state index contributed by atoms with van der Waals surface area (Å²) in [6.07, 6.45) is 0. The van der Waals surface area contributed by atoms with Crippen LogP contribution in [-0.2, 0) is 16.0 Å². The molecule has 0 saturated heterocycles. The Morgan fingerprint density at radius 2 is 1.52 bits per heavy atom. The zero-order valence-corrected chi connectivity index (χ0v) is 16.5. The van der Waals surface area contributed by atoms with Gasteiger partial charge in [-0.05, 0) is 25.3 Å².